The van der Waals surface area contributed by atoms with E-state index >= 15 is 0 Å². The Hall–Kier alpha value is -3.00. The van der Waals surface area contributed by atoms with Crippen LogP contribution in [0.4, 0.5) is 11.4 Å². The second-order valence-corrected chi connectivity index (χ2v) is 5.62. The molecule has 0 fully saturated rings. The van der Waals surface area contributed by atoms with Crippen molar-refractivity contribution in [3.8, 4) is 0 Å². The molecule has 3 aromatic rings. The lowest BCUT2D eigenvalue weighted by Crippen LogP contribution is -2.32. The van der Waals surface area contributed by atoms with E-state index in [2.05, 4.69) is 83.3 Å². The molecule has 3 aromatic carbocycles. The van der Waals surface area contributed by atoms with Gasteiger partial charge in [0.2, 0.25) is 0 Å². The van der Waals surface area contributed by atoms with E-state index < -0.39 is 0 Å². The number of hydrogen-bond donors (Lipinski definition) is 1. The van der Waals surface area contributed by atoms with Crippen LogP contribution in [0.2, 0.25) is 0 Å². The minimum Gasteiger partial charge on any atom is -0.298 e. The maximum Gasteiger partial charge on any atom is 0.0943 e. The third kappa shape index (κ3) is 2.71. The van der Waals surface area contributed by atoms with E-state index in [4.69, 9.17) is 0 Å². The molecule has 1 aliphatic rings. The Kier molecular flexibility index (Phi) is 3.57. The van der Waals surface area contributed by atoms with Crippen LogP contribution in [-0.2, 0) is 0 Å². The Balaban J connectivity index is 1.73. The molecule has 1 unspecified atom stereocenters. The third-order valence-corrected chi connectivity index (χ3v) is 4.11. The fraction of sp³-hybridized carbons (Fsp3) is 0.0476. The first-order chi connectivity index (χ1) is 11.4. The van der Waals surface area contributed by atoms with Crippen LogP contribution >= 0.6 is 0 Å². The molecule has 0 heterocycles. The van der Waals surface area contributed by atoms with Crippen molar-refractivity contribution in [3.63, 3.8) is 0 Å². The van der Waals surface area contributed by atoms with Crippen LogP contribution in [0.3, 0.4) is 0 Å². The van der Waals surface area contributed by atoms with Crippen LogP contribution in [-0.4, -0.2) is 0 Å². The number of hydrogen-bond acceptors (Lipinski definition) is 2. The van der Waals surface area contributed by atoms with Gasteiger partial charge in [-0.1, -0.05) is 72.8 Å². The van der Waals surface area contributed by atoms with Crippen LogP contribution in [0.1, 0.15) is 17.2 Å². The summed E-state index contributed by atoms with van der Waals surface area (Å²) >= 11 is 0. The standard InChI is InChI=1S/C21H18N2/c1-3-10-18(11-4-1)22-23(19-12-5-2-6-13-19)21-16-15-17-9-7-8-14-20(17)21/h1-16,21-22H. The van der Waals surface area contributed by atoms with Crippen molar-refractivity contribution in [1.82, 2.24) is 0 Å². The lowest BCUT2D eigenvalue weighted by atomic mass is 10.1. The van der Waals surface area contributed by atoms with Crippen LogP contribution in [0.25, 0.3) is 6.08 Å². The van der Waals surface area contributed by atoms with Gasteiger partial charge in [-0.2, -0.15) is 0 Å². The fourth-order valence-corrected chi connectivity index (χ4v) is 2.99. The molecule has 1 N–H and O–H groups in total. The molecular weight excluding hydrogens is 280 g/mol. The van der Waals surface area contributed by atoms with Gasteiger partial charge in [-0.3, -0.25) is 10.4 Å². The fourth-order valence-electron chi connectivity index (χ4n) is 2.99. The molecule has 112 valence electrons. The first kappa shape index (κ1) is 13.6. The summed E-state index contributed by atoms with van der Waals surface area (Å²) in [6.07, 6.45) is 4.44. The van der Waals surface area contributed by atoms with Gasteiger partial charge in [0.25, 0.3) is 0 Å². The van der Waals surface area contributed by atoms with E-state index in [1.807, 2.05) is 24.3 Å². The maximum atomic E-state index is 3.56. The summed E-state index contributed by atoms with van der Waals surface area (Å²) in [4.78, 5) is 0. The first-order valence-corrected chi connectivity index (χ1v) is 7.85. The average Bonchev–Trinajstić information content (AvgIpc) is 3.05. The number of para-hydroxylation sites is 2. The van der Waals surface area contributed by atoms with Crippen molar-refractivity contribution in [1.29, 1.82) is 0 Å². The minimum absolute atomic E-state index is 0.175. The van der Waals surface area contributed by atoms with Crippen molar-refractivity contribution in [2.24, 2.45) is 0 Å². The molecule has 0 radical (unpaired) electrons. The van der Waals surface area contributed by atoms with Gasteiger partial charge < -0.3 is 0 Å². The van der Waals surface area contributed by atoms with Gasteiger partial charge in [-0.25, -0.2) is 0 Å². The lowest BCUT2D eigenvalue weighted by molar-refractivity contribution is 0.811. The normalized spacial score (nSPS) is 15.2. The second-order valence-electron chi connectivity index (χ2n) is 5.62. The first-order valence-electron chi connectivity index (χ1n) is 7.85. The van der Waals surface area contributed by atoms with Crippen LogP contribution < -0.4 is 10.4 Å². The van der Waals surface area contributed by atoms with Crippen molar-refractivity contribution < 1.29 is 0 Å². The van der Waals surface area contributed by atoms with Crippen molar-refractivity contribution >= 4 is 17.5 Å². The van der Waals surface area contributed by atoms with Gasteiger partial charge in [-0.15, -0.1) is 0 Å². The molecule has 0 saturated carbocycles. The molecule has 4 rings (SSSR count). The molecule has 1 atom stereocenters. The number of hydrazine groups is 1. The van der Waals surface area contributed by atoms with Gasteiger partial charge in [0.05, 0.1) is 17.4 Å². The number of benzene rings is 3. The molecule has 0 aromatic heterocycles. The predicted molar refractivity (Wildman–Crippen MR) is 97.2 cm³/mol. The number of rotatable bonds is 4. The van der Waals surface area contributed by atoms with Crippen LogP contribution in [0.15, 0.2) is 91.0 Å². The van der Waals surface area contributed by atoms with E-state index in [1.54, 1.807) is 0 Å². The quantitative estimate of drug-likeness (QED) is 0.658. The van der Waals surface area contributed by atoms with E-state index in [0.29, 0.717) is 0 Å². The number of nitrogens with one attached hydrogen (secondary N) is 1. The second kappa shape index (κ2) is 6.01. The summed E-state index contributed by atoms with van der Waals surface area (Å²) in [7, 11) is 0. The van der Waals surface area contributed by atoms with Gasteiger partial charge in [-0.05, 0) is 35.4 Å². The highest BCUT2D eigenvalue weighted by atomic mass is 15.5. The Morgan fingerprint density at radius 2 is 1.35 bits per heavy atom. The SMILES string of the molecule is C1=CC(N(Nc2ccccc2)c2ccccc2)c2ccccc21. The Morgan fingerprint density at radius 1 is 0.696 bits per heavy atom. The molecule has 2 heteroatoms. The zero-order chi connectivity index (χ0) is 15.5. The third-order valence-electron chi connectivity index (χ3n) is 4.11. The summed E-state index contributed by atoms with van der Waals surface area (Å²) in [6.45, 7) is 0. The molecule has 23 heavy (non-hydrogen) atoms. The van der Waals surface area contributed by atoms with Gasteiger partial charge in [0.1, 0.15) is 0 Å². The average molecular weight is 298 g/mol. The molecule has 0 spiro atoms. The Labute approximate surface area is 136 Å². The zero-order valence-corrected chi connectivity index (χ0v) is 12.8. The van der Waals surface area contributed by atoms with Gasteiger partial charge >= 0.3 is 0 Å². The smallest absolute Gasteiger partial charge is 0.0943 e. The molecule has 2 nitrogen and oxygen atoms in total. The minimum atomic E-state index is 0.175. The highest BCUT2D eigenvalue weighted by Crippen LogP contribution is 2.35. The predicted octanol–water partition coefficient (Wildman–Crippen LogP) is 5.29. The van der Waals surface area contributed by atoms with Crippen molar-refractivity contribution in [3.05, 3.63) is 102 Å². The summed E-state index contributed by atoms with van der Waals surface area (Å²) in [5.74, 6) is 0. The zero-order valence-electron chi connectivity index (χ0n) is 12.8. The molecule has 0 saturated heterocycles. The van der Waals surface area contributed by atoms with Crippen molar-refractivity contribution in [2.45, 2.75) is 6.04 Å². The number of fused-ring (bicyclic) bond motifs is 1. The maximum absolute atomic E-state index is 3.56. The molecular formula is C21H18N2. The molecule has 0 aliphatic heterocycles. The van der Waals surface area contributed by atoms with Crippen molar-refractivity contribution in [2.75, 3.05) is 10.4 Å². The van der Waals surface area contributed by atoms with Gasteiger partial charge in [0, 0.05) is 0 Å². The number of nitrogens with zero attached hydrogens (tertiary/aromatic N) is 1. The van der Waals surface area contributed by atoms with Gasteiger partial charge in [0.15, 0.2) is 0 Å². The monoisotopic (exact) mass is 298 g/mol. The highest BCUT2D eigenvalue weighted by molar-refractivity contribution is 5.67. The van der Waals surface area contributed by atoms with E-state index in [-0.39, 0.29) is 6.04 Å². The largest absolute Gasteiger partial charge is 0.298 e. The molecule has 0 bridgehead atoms. The van der Waals surface area contributed by atoms with E-state index in [1.165, 1.54) is 11.1 Å². The summed E-state index contributed by atoms with van der Waals surface area (Å²) < 4.78 is 0. The Morgan fingerprint density at radius 3 is 2.13 bits per heavy atom. The summed E-state index contributed by atoms with van der Waals surface area (Å²) in [6, 6.07) is 29.5. The molecule has 0 amide bonds. The van der Waals surface area contributed by atoms with Crippen LogP contribution in [0, 0.1) is 0 Å². The van der Waals surface area contributed by atoms with Crippen LogP contribution in [0.5, 0.6) is 0 Å². The Bertz CT molecular complexity index is 810. The highest BCUT2D eigenvalue weighted by Gasteiger charge is 2.24. The lowest BCUT2D eigenvalue weighted by Gasteiger charge is -2.32. The summed E-state index contributed by atoms with van der Waals surface area (Å²) in [5.41, 5.74) is 8.38. The van der Waals surface area contributed by atoms with E-state index in [9.17, 15) is 0 Å². The summed E-state index contributed by atoms with van der Waals surface area (Å²) in [5, 5.41) is 2.22. The topological polar surface area (TPSA) is 15.3 Å². The molecule has 1 aliphatic carbocycles. The van der Waals surface area contributed by atoms with E-state index in [0.717, 1.165) is 11.4 Å². The number of anilines is 2.